The van der Waals surface area contributed by atoms with Crippen molar-refractivity contribution in [1.29, 1.82) is 10.5 Å². The Morgan fingerprint density at radius 1 is 1.29 bits per heavy atom. The highest BCUT2D eigenvalue weighted by Crippen LogP contribution is 2.45. The zero-order chi connectivity index (χ0) is 10.8. The van der Waals surface area contributed by atoms with Crippen molar-refractivity contribution < 1.29 is 0 Å². The van der Waals surface area contributed by atoms with E-state index in [2.05, 4.69) is 26.0 Å². The van der Waals surface area contributed by atoms with Crippen LogP contribution in [-0.4, -0.2) is 0 Å². The molecule has 0 aromatic heterocycles. The zero-order valence-electron chi connectivity index (χ0n) is 9.09. The third-order valence-electron chi connectivity index (χ3n) is 3.64. The van der Waals surface area contributed by atoms with E-state index in [1.54, 1.807) is 0 Å². The lowest BCUT2D eigenvalue weighted by atomic mass is 9.65. The smallest absolute Gasteiger partial charge is 0.142 e. The molecule has 0 N–H and O–H groups in total. The van der Waals surface area contributed by atoms with Crippen molar-refractivity contribution in [3.05, 3.63) is 11.1 Å². The lowest BCUT2D eigenvalue weighted by Crippen LogP contribution is -2.30. The summed E-state index contributed by atoms with van der Waals surface area (Å²) in [6.45, 7) is 6.22. The standard InChI is InChI=1S/C12H16N2/c1-9-5-4-6-12(3,10(9)2)11(7-13)8-14/h11H,4-6H2,1-3H3. The second-order valence-corrected chi connectivity index (χ2v) is 4.37. The van der Waals surface area contributed by atoms with Gasteiger partial charge in [0, 0.05) is 5.41 Å². The number of hydrogen-bond acceptors (Lipinski definition) is 2. The van der Waals surface area contributed by atoms with Crippen molar-refractivity contribution in [1.82, 2.24) is 0 Å². The van der Waals surface area contributed by atoms with E-state index in [-0.39, 0.29) is 5.41 Å². The first-order valence-corrected chi connectivity index (χ1v) is 5.02. The van der Waals surface area contributed by atoms with Crippen LogP contribution >= 0.6 is 0 Å². The molecule has 0 saturated heterocycles. The van der Waals surface area contributed by atoms with Crippen LogP contribution in [0.4, 0.5) is 0 Å². The van der Waals surface area contributed by atoms with E-state index in [4.69, 9.17) is 10.5 Å². The second kappa shape index (κ2) is 3.84. The van der Waals surface area contributed by atoms with Crippen LogP contribution in [0.25, 0.3) is 0 Å². The van der Waals surface area contributed by atoms with Crippen LogP contribution in [0, 0.1) is 34.0 Å². The van der Waals surface area contributed by atoms with Gasteiger partial charge in [0.1, 0.15) is 5.92 Å². The van der Waals surface area contributed by atoms with Gasteiger partial charge in [-0.05, 0) is 33.1 Å². The van der Waals surface area contributed by atoms with E-state index in [1.165, 1.54) is 11.1 Å². The second-order valence-electron chi connectivity index (χ2n) is 4.37. The van der Waals surface area contributed by atoms with E-state index in [0.29, 0.717) is 0 Å². The Labute approximate surface area is 85.8 Å². The molecular weight excluding hydrogens is 172 g/mol. The monoisotopic (exact) mass is 188 g/mol. The molecule has 2 nitrogen and oxygen atoms in total. The van der Waals surface area contributed by atoms with Gasteiger partial charge in [-0.2, -0.15) is 10.5 Å². The summed E-state index contributed by atoms with van der Waals surface area (Å²) in [6.07, 6.45) is 3.17. The fraction of sp³-hybridized carbons (Fsp3) is 0.667. The minimum absolute atomic E-state index is 0.216. The summed E-state index contributed by atoms with van der Waals surface area (Å²) in [7, 11) is 0. The van der Waals surface area contributed by atoms with Crippen LogP contribution in [0.2, 0.25) is 0 Å². The summed E-state index contributed by atoms with van der Waals surface area (Å²) >= 11 is 0. The molecule has 2 heteroatoms. The average Bonchev–Trinajstić information content (AvgIpc) is 2.16. The van der Waals surface area contributed by atoms with Crippen LogP contribution in [0.15, 0.2) is 11.1 Å². The van der Waals surface area contributed by atoms with Gasteiger partial charge in [-0.25, -0.2) is 0 Å². The van der Waals surface area contributed by atoms with Crippen LogP contribution in [0.1, 0.15) is 40.0 Å². The predicted octanol–water partition coefficient (Wildman–Crippen LogP) is 3.18. The van der Waals surface area contributed by atoms with Gasteiger partial charge in [0.05, 0.1) is 12.1 Å². The van der Waals surface area contributed by atoms with Crippen LogP contribution in [-0.2, 0) is 0 Å². The molecular formula is C12H16N2. The molecule has 0 heterocycles. The fourth-order valence-electron chi connectivity index (χ4n) is 2.26. The van der Waals surface area contributed by atoms with Crippen molar-refractivity contribution in [3.8, 4) is 12.1 Å². The highest BCUT2D eigenvalue weighted by molar-refractivity contribution is 5.27. The number of hydrogen-bond donors (Lipinski definition) is 0. The maximum Gasteiger partial charge on any atom is 0.142 e. The molecule has 0 amide bonds. The summed E-state index contributed by atoms with van der Waals surface area (Å²) in [5.74, 6) is -0.502. The molecule has 0 bridgehead atoms. The maximum atomic E-state index is 8.95. The van der Waals surface area contributed by atoms with Gasteiger partial charge in [-0.15, -0.1) is 0 Å². The Balaban J connectivity index is 3.12. The quantitative estimate of drug-likeness (QED) is 0.593. The minimum atomic E-state index is -0.502. The van der Waals surface area contributed by atoms with E-state index in [9.17, 15) is 0 Å². The SMILES string of the molecule is CC1=C(C)C(C)(C(C#N)C#N)CCC1. The normalized spacial score (nSPS) is 27.3. The molecule has 0 aromatic carbocycles. The third-order valence-corrected chi connectivity index (χ3v) is 3.64. The summed E-state index contributed by atoms with van der Waals surface area (Å²) in [5.41, 5.74) is 2.39. The molecule has 0 spiro atoms. The molecule has 1 aliphatic rings. The van der Waals surface area contributed by atoms with Crippen LogP contribution in [0.3, 0.4) is 0 Å². The van der Waals surface area contributed by atoms with Crippen molar-refractivity contribution >= 4 is 0 Å². The van der Waals surface area contributed by atoms with E-state index >= 15 is 0 Å². The molecule has 1 atom stereocenters. The number of nitriles is 2. The highest BCUT2D eigenvalue weighted by Gasteiger charge is 2.38. The molecule has 14 heavy (non-hydrogen) atoms. The van der Waals surface area contributed by atoms with Gasteiger partial charge in [0.2, 0.25) is 0 Å². The number of nitrogens with zero attached hydrogens (tertiary/aromatic N) is 2. The molecule has 0 fully saturated rings. The van der Waals surface area contributed by atoms with Crippen molar-refractivity contribution in [2.75, 3.05) is 0 Å². The Kier molecular flexibility index (Phi) is 2.96. The van der Waals surface area contributed by atoms with E-state index < -0.39 is 5.92 Å². The topological polar surface area (TPSA) is 47.6 Å². The van der Waals surface area contributed by atoms with Gasteiger partial charge in [0.15, 0.2) is 0 Å². The van der Waals surface area contributed by atoms with Gasteiger partial charge >= 0.3 is 0 Å². The fourth-order valence-corrected chi connectivity index (χ4v) is 2.26. The lowest BCUT2D eigenvalue weighted by Gasteiger charge is -2.36. The predicted molar refractivity (Wildman–Crippen MR) is 55.0 cm³/mol. The largest absolute Gasteiger partial charge is 0.197 e. The van der Waals surface area contributed by atoms with Gasteiger partial charge in [-0.1, -0.05) is 18.1 Å². The first-order chi connectivity index (χ1) is 6.56. The Morgan fingerprint density at radius 3 is 2.36 bits per heavy atom. The van der Waals surface area contributed by atoms with Crippen LogP contribution in [0.5, 0.6) is 0 Å². The van der Waals surface area contributed by atoms with Gasteiger partial charge in [0.25, 0.3) is 0 Å². The first kappa shape index (κ1) is 10.8. The Hall–Kier alpha value is -1.28. The summed E-state index contributed by atoms with van der Waals surface area (Å²) in [4.78, 5) is 0. The summed E-state index contributed by atoms with van der Waals surface area (Å²) < 4.78 is 0. The Bertz CT molecular complexity index is 326. The molecule has 0 aromatic rings. The van der Waals surface area contributed by atoms with Crippen molar-refractivity contribution in [2.24, 2.45) is 11.3 Å². The Morgan fingerprint density at radius 2 is 1.86 bits per heavy atom. The molecule has 0 saturated carbocycles. The number of allylic oxidation sites excluding steroid dienone is 2. The summed E-state index contributed by atoms with van der Waals surface area (Å²) in [5, 5.41) is 17.9. The van der Waals surface area contributed by atoms with Gasteiger partial charge in [-0.3, -0.25) is 0 Å². The van der Waals surface area contributed by atoms with Crippen LogP contribution < -0.4 is 0 Å². The third kappa shape index (κ3) is 1.53. The highest BCUT2D eigenvalue weighted by atomic mass is 14.4. The average molecular weight is 188 g/mol. The minimum Gasteiger partial charge on any atom is -0.197 e. The van der Waals surface area contributed by atoms with Crippen molar-refractivity contribution in [2.45, 2.75) is 40.0 Å². The molecule has 1 unspecified atom stereocenters. The molecule has 0 radical (unpaired) electrons. The van der Waals surface area contributed by atoms with Gasteiger partial charge < -0.3 is 0 Å². The first-order valence-electron chi connectivity index (χ1n) is 5.02. The molecule has 74 valence electrons. The molecule has 0 aliphatic heterocycles. The van der Waals surface area contributed by atoms with Crippen molar-refractivity contribution in [3.63, 3.8) is 0 Å². The summed E-state index contributed by atoms with van der Waals surface area (Å²) in [6, 6.07) is 4.24. The zero-order valence-corrected chi connectivity index (χ0v) is 9.09. The molecule has 1 aliphatic carbocycles. The lowest BCUT2D eigenvalue weighted by molar-refractivity contribution is 0.288. The van der Waals surface area contributed by atoms with E-state index in [1.807, 2.05) is 6.92 Å². The maximum absolute atomic E-state index is 8.95. The molecule has 1 rings (SSSR count). The number of rotatable bonds is 1. The van der Waals surface area contributed by atoms with E-state index in [0.717, 1.165) is 19.3 Å².